The van der Waals surface area contributed by atoms with Crippen molar-refractivity contribution >= 4 is 21.4 Å². The van der Waals surface area contributed by atoms with Crippen LogP contribution in [0, 0.1) is 0 Å². The maximum atomic E-state index is 13.8. The van der Waals surface area contributed by atoms with E-state index in [1.54, 1.807) is 32.0 Å². The number of aromatic nitrogens is 5. The molecule has 0 saturated carbocycles. The van der Waals surface area contributed by atoms with E-state index in [1.165, 1.54) is 38.1 Å². The number of rotatable bonds is 12. The molecule has 0 N–H and O–H groups in total. The zero-order valence-corrected chi connectivity index (χ0v) is 22.1. The quantitative estimate of drug-likeness (QED) is 0.336. The summed E-state index contributed by atoms with van der Waals surface area (Å²) in [5, 5.41) is 7.31. The van der Waals surface area contributed by atoms with Crippen LogP contribution in [0.2, 0.25) is 5.02 Å². The number of halogens is 1. The predicted molar refractivity (Wildman–Crippen MR) is 133 cm³/mol. The molecule has 2 aromatic heterocycles. The fourth-order valence-corrected chi connectivity index (χ4v) is 5.03. The molecule has 0 unspecified atom stereocenters. The average molecular weight is 543 g/mol. The van der Waals surface area contributed by atoms with E-state index < -0.39 is 40.6 Å². The molecule has 36 heavy (non-hydrogen) atoms. The maximum absolute atomic E-state index is 13.8. The van der Waals surface area contributed by atoms with Crippen LogP contribution in [-0.4, -0.2) is 65.8 Å². The Morgan fingerprint density at radius 3 is 2.22 bits per heavy atom. The topological polar surface area (TPSA) is 128 Å². The van der Waals surface area contributed by atoms with Gasteiger partial charge in [0.05, 0.1) is 34.7 Å². The molecule has 0 amide bonds. The van der Waals surface area contributed by atoms with Crippen LogP contribution in [0.25, 0.3) is 5.69 Å². The van der Waals surface area contributed by atoms with Gasteiger partial charge in [-0.25, -0.2) is 18.4 Å². The molecule has 0 aliphatic rings. The Morgan fingerprint density at radius 2 is 1.67 bits per heavy atom. The van der Waals surface area contributed by atoms with Crippen LogP contribution in [0.15, 0.2) is 30.6 Å². The number of benzene rings is 1. The Labute approximate surface area is 219 Å². The minimum absolute atomic E-state index is 0.0193. The zero-order chi connectivity index (χ0) is 29.0. The Balaban J connectivity index is 2.09. The van der Waals surface area contributed by atoms with Gasteiger partial charge in [0, 0.05) is 19.4 Å². The summed E-state index contributed by atoms with van der Waals surface area (Å²) < 4.78 is 72.9. The van der Waals surface area contributed by atoms with Gasteiger partial charge in [0.2, 0.25) is 0 Å². The number of para-hydroxylation sites is 1. The fraction of sp³-hybridized carbons (Fsp3) is 0.478. The summed E-state index contributed by atoms with van der Waals surface area (Å²) in [5.41, 5.74) is 0.283. The first kappa shape index (κ1) is 23.6. The SMILES string of the molecule is [2H]C([2H])([2H])OCc1nnc(CS(=O)(=O)[C@@H](C)[C@@H](OC(C)C)c2ncc(Cl)cn2)n1-c1c(OC)cccc1OC. The van der Waals surface area contributed by atoms with Crippen LogP contribution >= 0.6 is 11.6 Å². The van der Waals surface area contributed by atoms with Crippen molar-refractivity contribution in [2.45, 2.75) is 50.6 Å². The van der Waals surface area contributed by atoms with Gasteiger partial charge in [-0.2, -0.15) is 0 Å². The third kappa shape index (κ3) is 6.12. The normalized spacial score (nSPS) is 15.1. The van der Waals surface area contributed by atoms with Gasteiger partial charge in [0.1, 0.15) is 35.7 Å². The second-order valence-corrected chi connectivity index (χ2v) is 10.8. The van der Waals surface area contributed by atoms with Crippen molar-refractivity contribution in [2.24, 2.45) is 0 Å². The molecule has 0 aliphatic carbocycles. The van der Waals surface area contributed by atoms with Crippen molar-refractivity contribution in [3.05, 3.63) is 53.1 Å². The summed E-state index contributed by atoms with van der Waals surface area (Å²) in [5.74, 6) is 0.195. The smallest absolute Gasteiger partial charge is 0.163 e. The minimum Gasteiger partial charge on any atom is -0.494 e. The van der Waals surface area contributed by atoms with Crippen LogP contribution in [0.1, 0.15) is 48.5 Å². The summed E-state index contributed by atoms with van der Waals surface area (Å²) in [6, 6.07) is 4.96. The summed E-state index contributed by atoms with van der Waals surface area (Å²) in [4.78, 5) is 8.33. The third-order valence-electron chi connectivity index (χ3n) is 5.26. The van der Waals surface area contributed by atoms with Crippen LogP contribution in [0.3, 0.4) is 0 Å². The number of hydrogen-bond acceptors (Lipinski definition) is 10. The molecule has 0 aliphatic heterocycles. The summed E-state index contributed by atoms with van der Waals surface area (Å²) in [6.07, 6.45) is 1.38. The second kappa shape index (κ2) is 12.0. The van der Waals surface area contributed by atoms with E-state index >= 15 is 0 Å². The predicted octanol–water partition coefficient (Wildman–Crippen LogP) is 3.34. The van der Waals surface area contributed by atoms with E-state index in [2.05, 4.69) is 20.2 Å². The molecular formula is C23H30ClN5O6S. The van der Waals surface area contributed by atoms with E-state index in [0.29, 0.717) is 16.5 Å². The molecule has 0 radical (unpaired) electrons. The molecular weight excluding hydrogens is 510 g/mol. The van der Waals surface area contributed by atoms with E-state index in [4.69, 9.17) is 34.7 Å². The molecule has 2 atom stereocenters. The molecule has 3 aromatic rings. The minimum atomic E-state index is -4.01. The lowest BCUT2D eigenvalue weighted by Gasteiger charge is -2.25. The van der Waals surface area contributed by atoms with Crippen molar-refractivity contribution < 1.29 is 31.5 Å². The Hall–Kier alpha value is -2.80. The lowest BCUT2D eigenvalue weighted by molar-refractivity contribution is 0.00143. The van der Waals surface area contributed by atoms with Crippen LogP contribution in [0.4, 0.5) is 0 Å². The second-order valence-electron chi connectivity index (χ2n) is 8.04. The first-order chi connectivity index (χ1) is 18.3. The van der Waals surface area contributed by atoms with Gasteiger partial charge >= 0.3 is 0 Å². The van der Waals surface area contributed by atoms with Crippen LogP contribution in [-0.2, 0) is 31.7 Å². The molecule has 0 spiro atoms. The van der Waals surface area contributed by atoms with E-state index in [-0.39, 0.29) is 29.3 Å². The van der Waals surface area contributed by atoms with Crippen LogP contribution < -0.4 is 9.47 Å². The van der Waals surface area contributed by atoms with Gasteiger partial charge in [-0.05, 0) is 32.9 Å². The lowest BCUT2D eigenvalue weighted by Crippen LogP contribution is -2.32. The molecule has 0 fully saturated rings. The first-order valence-electron chi connectivity index (χ1n) is 12.4. The first-order valence-corrected chi connectivity index (χ1v) is 13.0. The largest absolute Gasteiger partial charge is 0.494 e. The Morgan fingerprint density at radius 1 is 1.06 bits per heavy atom. The van der Waals surface area contributed by atoms with Gasteiger partial charge in [0.25, 0.3) is 0 Å². The number of methoxy groups -OCH3 is 3. The Bertz CT molecular complexity index is 1350. The van der Waals surface area contributed by atoms with E-state index in [1.807, 2.05) is 0 Å². The molecule has 3 rings (SSSR count). The maximum Gasteiger partial charge on any atom is 0.163 e. The van der Waals surface area contributed by atoms with Crippen molar-refractivity contribution in [1.29, 1.82) is 0 Å². The molecule has 0 bridgehead atoms. The Kier molecular flexibility index (Phi) is 7.84. The highest BCUT2D eigenvalue weighted by Gasteiger charge is 2.36. The molecule has 1 aromatic carbocycles. The van der Waals surface area contributed by atoms with Gasteiger partial charge in [-0.15, -0.1) is 10.2 Å². The summed E-state index contributed by atoms with van der Waals surface area (Å²) >= 11 is 5.91. The van der Waals surface area contributed by atoms with Crippen molar-refractivity contribution in [3.8, 4) is 17.2 Å². The van der Waals surface area contributed by atoms with Crippen molar-refractivity contribution in [2.75, 3.05) is 21.3 Å². The van der Waals surface area contributed by atoms with Gasteiger partial charge in [0.15, 0.2) is 27.3 Å². The number of ether oxygens (including phenoxy) is 4. The highest BCUT2D eigenvalue weighted by atomic mass is 35.5. The van der Waals surface area contributed by atoms with Gasteiger partial charge in [-0.3, -0.25) is 4.57 Å². The average Bonchev–Trinajstić information content (AvgIpc) is 3.26. The summed E-state index contributed by atoms with van der Waals surface area (Å²) in [7, 11) is -3.87. The third-order valence-corrected chi connectivity index (χ3v) is 7.50. The lowest BCUT2D eigenvalue weighted by atomic mass is 10.2. The number of nitrogens with zero attached hydrogens (tertiary/aromatic N) is 5. The number of sulfone groups is 1. The van der Waals surface area contributed by atoms with Gasteiger partial charge < -0.3 is 18.9 Å². The summed E-state index contributed by atoms with van der Waals surface area (Å²) in [6.45, 7) is 4.54. The molecule has 196 valence electrons. The molecule has 11 nitrogen and oxygen atoms in total. The van der Waals surface area contributed by atoms with Crippen molar-refractivity contribution in [1.82, 2.24) is 24.7 Å². The molecule has 2 heterocycles. The molecule has 0 saturated heterocycles. The zero-order valence-electron chi connectivity index (χ0n) is 23.5. The molecule has 13 heteroatoms. The monoisotopic (exact) mass is 542 g/mol. The van der Waals surface area contributed by atoms with E-state index in [9.17, 15) is 8.42 Å². The fourth-order valence-electron chi connectivity index (χ4n) is 3.56. The van der Waals surface area contributed by atoms with Crippen molar-refractivity contribution in [3.63, 3.8) is 0 Å². The highest BCUT2D eigenvalue weighted by molar-refractivity contribution is 7.91. The van der Waals surface area contributed by atoms with Gasteiger partial charge in [-0.1, -0.05) is 17.7 Å². The van der Waals surface area contributed by atoms with Crippen LogP contribution in [0.5, 0.6) is 11.5 Å². The number of hydrogen-bond donors (Lipinski definition) is 0. The standard InChI is InChI=1S/C23H30ClN5O6S/c1-14(2)35-22(23-25-10-16(24)11-26-23)15(3)36(30,31)13-20-28-27-19(12-32-4)29(20)21-17(33-5)8-7-9-18(21)34-6/h7-11,14-15,22H,12-13H2,1-6H3/t15-,22+/m0/s1/i4D3. The van der Waals surface area contributed by atoms with E-state index in [0.717, 1.165) is 0 Å². The highest BCUT2D eigenvalue weighted by Crippen LogP contribution is 2.35.